The van der Waals surface area contributed by atoms with Crippen molar-refractivity contribution in [1.29, 1.82) is 0 Å². The molecule has 0 N–H and O–H groups in total. The lowest BCUT2D eigenvalue weighted by Gasteiger charge is -2.14. The molecule has 0 fully saturated rings. The van der Waals surface area contributed by atoms with Gasteiger partial charge in [-0.2, -0.15) is 0 Å². The summed E-state index contributed by atoms with van der Waals surface area (Å²) < 4.78 is 3.65. The molecule has 272 valence electrons. The van der Waals surface area contributed by atoms with Crippen LogP contribution in [-0.2, 0) is 0 Å². The van der Waals surface area contributed by atoms with Crippen LogP contribution in [0, 0.1) is 0 Å². The van der Waals surface area contributed by atoms with Crippen molar-refractivity contribution in [3.63, 3.8) is 0 Å². The summed E-state index contributed by atoms with van der Waals surface area (Å²) in [4.78, 5) is 11.8. The molecule has 0 aliphatic heterocycles. The average molecular weight is 758 g/mol. The van der Waals surface area contributed by atoms with E-state index in [2.05, 4.69) is 193 Å². The molecule has 1 aliphatic rings. The second kappa shape index (κ2) is 13.2. The maximum atomic E-state index is 5.41. The van der Waals surface area contributed by atoms with Gasteiger partial charge in [-0.25, -0.2) is 9.97 Å². The van der Waals surface area contributed by atoms with E-state index in [0.29, 0.717) is 0 Å². The van der Waals surface area contributed by atoms with E-state index in [9.17, 15) is 0 Å². The smallest absolute Gasteiger partial charge is 0.161 e. The van der Waals surface area contributed by atoms with Crippen molar-refractivity contribution in [2.75, 3.05) is 0 Å². The van der Waals surface area contributed by atoms with Crippen LogP contribution in [0.1, 0.15) is 18.4 Å². The largest absolute Gasteiger partial charge is 0.309 e. The lowest BCUT2D eigenvalue weighted by Crippen LogP contribution is -1.97. The van der Waals surface area contributed by atoms with Crippen molar-refractivity contribution >= 4 is 80.6 Å². The van der Waals surface area contributed by atoms with Gasteiger partial charge in [0.2, 0.25) is 0 Å². The molecule has 12 rings (SSSR count). The Bertz CT molecular complexity index is 3480. The minimum absolute atomic E-state index is 0.726. The van der Waals surface area contributed by atoms with E-state index >= 15 is 0 Å². The minimum atomic E-state index is 0.726. The third-order valence-electron chi connectivity index (χ3n) is 11.8. The van der Waals surface area contributed by atoms with E-state index in [4.69, 9.17) is 9.97 Å². The van der Waals surface area contributed by atoms with Crippen LogP contribution in [0.3, 0.4) is 0 Å². The summed E-state index contributed by atoms with van der Waals surface area (Å²) in [5.41, 5.74) is 11.5. The lowest BCUT2D eigenvalue weighted by molar-refractivity contribution is 1.04. The minimum Gasteiger partial charge on any atom is -0.309 e. The summed E-state index contributed by atoms with van der Waals surface area (Å²) in [7, 11) is 0. The molecular weight excluding hydrogens is 723 g/mol. The highest BCUT2D eigenvalue weighted by Crippen LogP contribution is 2.45. The van der Waals surface area contributed by atoms with Crippen LogP contribution in [0.4, 0.5) is 0 Å². The second-order valence-corrected chi connectivity index (χ2v) is 16.3. The Balaban J connectivity index is 1.06. The molecule has 3 heterocycles. The van der Waals surface area contributed by atoms with Crippen LogP contribution in [0.5, 0.6) is 0 Å². The quantitative estimate of drug-likeness (QED) is 0.175. The summed E-state index contributed by atoms with van der Waals surface area (Å²) in [5.74, 6) is 0.726. The zero-order chi connectivity index (χ0) is 38.2. The molecule has 0 atom stereocenters. The Morgan fingerprint density at radius 3 is 2.00 bits per heavy atom. The normalized spacial score (nSPS) is 13.1. The molecule has 3 nitrogen and oxygen atoms in total. The first kappa shape index (κ1) is 33.0. The van der Waals surface area contributed by atoms with Crippen molar-refractivity contribution in [2.45, 2.75) is 12.8 Å². The summed E-state index contributed by atoms with van der Waals surface area (Å²) in [6.45, 7) is 0. The van der Waals surface area contributed by atoms with Crippen LogP contribution in [0.15, 0.2) is 188 Å². The number of benzene rings is 8. The molecule has 58 heavy (non-hydrogen) atoms. The maximum absolute atomic E-state index is 5.41. The van der Waals surface area contributed by atoms with Gasteiger partial charge in [-0.3, -0.25) is 0 Å². The third kappa shape index (κ3) is 5.26. The highest BCUT2D eigenvalue weighted by molar-refractivity contribution is 7.25. The van der Waals surface area contributed by atoms with Gasteiger partial charge in [-0.05, 0) is 99.8 Å². The van der Waals surface area contributed by atoms with Crippen LogP contribution < -0.4 is 0 Å². The first-order chi connectivity index (χ1) is 28.7. The fourth-order valence-corrected chi connectivity index (χ4v) is 10.2. The highest BCUT2D eigenvalue weighted by Gasteiger charge is 2.21. The predicted molar refractivity (Wildman–Crippen MR) is 247 cm³/mol. The Kier molecular flexibility index (Phi) is 7.54. The van der Waals surface area contributed by atoms with Crippen LogP contribution in [-0.4, -0.2) is 14.5 Å². The molecule has 0 radical (unpaired) electrons. The van der Waals surface area contributed by atoms with Crippen LogP contribution in [0.25, 0.3) is 109 Å². The van der Waals surface area contributed by atoms with Crippen LogP contribution in [0.2, 0.25) is 0 Å². The molecule has 0 amide bonds. The number of hydrogen-bond acceptors (Lipinski definition) is 3. The number of allylic oxidation sites excluding steroid dienone is 4. The van der Waals surface area contributed by atoms with Gasteiger partial charge in [0.15, 0.2) is 5.82 Å². The predicted octanol–water partition coefficient (Wildman–Crippen LogP) is 15.0. The molecule has 8 aromatic carbocycles. The van der Waals surface area contributed by atoms with E-state index < -0.39 is 0 Å². The first-order valence-corrected chi connectivity index (χ1v) is 20.8. The van der Waals surface area contributed by atoms with E-state index in [1.165, 1.54) is 75.7 Å². The number of fused-ring (bicyclic) bond motifs is 9. The molecule has 0 unspecified atom stereocenters. The number of aromatic nitrogens is 3. The lowest BCUT2D eigenvalue weighted by atomic mass is 9.90. The monoisotopic (exact) mass is 757 g/mol. The number of thiophene rings is 1. The topological polar surface area (TPSA) is 30.7 Å². The molecule has 4 heteroatoms. The fraction of sp³-hybridized carbons (Fsp3) is 0.0370. The van der Waals surface area contributed by atoms with E-state index in [-0.39, 0.29) is 0 Å². The van der Waals surface area contributed by atoms with Crippen LogP contribution >= 0.6 is 11.3 Å². The summed E-state index contributed by atoms with van der Waals surface area (Å²) in [5, 5.41) is 9.76. The Morgan fingerprint density at radius 1 is 0.500 bits per heavy atom. The Morgan fingerprint density at radius 2 is 1.22 bits per heavy atom. The molecule has 0 bridgehead atoms. The average Bonchev–Trinajstić information content (AvgIpc) is 3.83. The fourth-order valence-electron chi connectivity index (χ4n) is 9.05. The van der Waals surface area contributed by atoms with E-state index in [1.807, 2.05) is 0 Å². The van der Waals surface area contributed by atoms with Crippen molar-refractivity contribution in [2.24, 2.45) is 0 Å². The van der Waals surface area contributed by atoms with Crippen molar-refractivity contribution < 1.29 is 0 Å². The molecular formula is C54H35N3S. The maximum Gasteiger partial charge on any atom is 0.161 e. The zero-order valence-corrected chi connectivity index (χ0v) is 32.4. The summed E-state index contributed by atoms with van der Waals surface area (Å²) >= 11 is 1.76. The van der Waals surface area contributed by atoms with E-state index in [0.717, 1.165) is 51.4 Å². The van der Waals surface area contributed by atoms with Gasteiger partial charge in [-0.1, -0.05) is 140 Å². The standard InChI is InChI=1S/C54H35N3S/c1-4-14-34(15-5-1)44-32-47-49(33-45(44)35-16-6-2-7-17-35)58-54-50(47)51(37-19-8-3-9-20-37)55-53(56-54)38-24-27-41(28-25-38)57-48-31-40-22-11-10-21-39(40)30-46(48)43-29-26-36-18-12-13-23-42(36)52(43)57/h2-4,6-33H,1,5H2. The number of hydrogen-bond donors (Lipinski definition) is 0. The molecule has 0 saturated heterocycles. The third-order valence-corrected chi connectivity index (χ3v) is 12.9. The van der Waals surface area contributed by atoms with Gasteiger partial charge in [0, 0.05) is 48.4 Å². The van der Waals surface area contributed by atoms with Gasteiger partial charge in [0.1, 0.15) is 4.83 Å². The summed E-state index contributed by atoms with van der Waals surface area (Å²) in [6, 6.07) is 61.6. The van der Waals surface area contributed by atoms with Gasteiger partial charge >= 0.3 is 0 Å². The Labute approximate surface area is 339 Å². The highest BCUT2D eigenvalue weighted by atomic mass is 32.1. The zero-order valence-electron chi connectivity index (χ0n) is 31.6. The molecule has 1 aliphatic carbocycles. The number of rotatable bonds is 5. The van der Waals surface area contributed by atoms with Crippen molar-refractivity contribution in [1.82, 2.24) is 14.5 Å². The Hall–Kier alpha value is -7.14. The second-order valence-electron chi connectivity index (χ2n) is 15.2. The first-order valence-electron chi connectivity index (χ1n) is 20.0. The van der Waals surface area contributed by atoms with Crippen molar-refractivity contribution in [3.8, 4) is 39.5 Å². The van der Waals surface area contributed by atoms with Crippen molar-refractivity contribution in [3.05, 3.63) is 194 Å². The van der Waals surface area contributed by atoms with E-state index in [1.54, 1.807) is 11.3 Å². The van der Waals surface area contributed by atoms with Gasteiger partial charge in [-0.15, -0.1) is 11.3 Å². The van der Waals surface area contributed by atoms with Gasteiger partial charge in [0.05, 0.1) is 16.7 Å². The van der Waals surface area contributed by atoms with Gasteiger partial charge < -0.3 is 4.57 Å². The molecule has 0 spiro atoms. The van der Waals surface area contributed by atoms with Gasteiger partial charge in [0.25, 0.3) is 0 Å². The number of nitrogens with zero attached hydrogens (tertiary/aromatic N) is 3. The SMILES string of the molecule is C1=CC(c2cc3c(cc2-c2ccccc2)sc2nc(-c4ccc(-n5c6cc7ccccc7cc6c6ccc7ccccc7c65)cc4)nc(-c4ccccc4)c23)=CCC1. The molecule has 11 aromatic rings. The molecule has 0 saturated carbocycles. The summed E-state index contributed by atoms with van der Waals surface area (Å²) in [6.07, 6.45) is 9.08. The molecule has 3 aromatic heterocycles.